The lowest BCUT2D eigenvalue weighted by molar-refractivity contribution is -0.138. The van der Waals surface area contributed by atoms with Crippen LogP contribution in [0, 0.1) is 6.92 Å². The molecule has 0 aromatic carbocycles. The van der Waals surface area contributed by atoms with Gasteiger partial charge in [-0.1, -0.05) is 11.2 Å². The molecule has 4 rings (SSSR count). The lowest BCUT2D eigenvalue weighted by atomic mass is 10.1. The summed E-state index contributed by atoms with van der Waals surface area (Å²) in [6, 6.07) is -0.931. The van der Waals surface area contributed by atoms with E-state index in [0.717, 1.165) is 21.9 Å². The number of carbonyl (C=O) groups excluding carboxylic acids is 2. The smallest absolute Gasteiger partial charge is 0.352 e. The van der Waals surface area contributed by atoms with Crippen molar-refractivity contribution in [2.45, 2.75) is 18.2 Å². The molecule has 2 bridgehead atoms. The van der Waals surface area contributed by atoms with Crippen LogP contribution in [0.25, 0.3) is 6.08 Å². The van der Waals surface area contributed by atoms with Crippen LogP contribution in [0.2, 0.25) is 0 Å². The van der Waals surface area contributed by atoms with Crippen LogP contribution in [-0.2, 0) is 19.2 Å². The molecule has 2 aliphatic rings. The van der Waals surface area contributed by atoms with E-state index in [1.807, 2.05) is 13.0 Å². The van der Waals surface area contributed by atoms with Gasteiger partial charge < -0.3 is 25.9 Å². The van der Waals surface area contributed by atoms with Crippen LogP contribution in [0.1, 0.15) is 16.3 Å². The maximum atomic E-state index is 13.2. The van der Waals surface area contributed by atoms with Gasteiger partial charge in [0.25, 0.3) is 11.8 Å². The van der Waals surface area contributed by atoms with Crippen molar-refractivity contribution in [1.29, 1.82) is 0 Å². The molecule has 0 saturated carbocycles. The zero-order valence-corrected chi connectivity index (χ0v) is 20.5. The van der Waals surface area contributed by atoms with E-state index in [2.05, 4.69) is 20.4 Å². The number of nitrogen functional groups attached to an aromatic ring is 1. The second-order valence-electron chi connectivity index (χ2n) is 7.26. The Morgan fingerprint density at radius 2 is 2.18 bits per heavy atom. The van der Waals surface area contributed by atoms with E-state index < -0.39 is 23.8 Å². The fraction of sp³-hybridized carbons (Fsp3) is 0.300. The molecule has 4 heterocycles. The first-order valence-corrected chi connectivity index (χ1v) is 12.7. The summed E-state index contributed by atoms with van der Waals surface area (Å²) < 4.78 is 0. The fourth-order valence-corrected chi connectivity index (χ4v) is 6.07. The van der Waals surface area contributed by atoms with Crippen LogP contribution in [-0.4, -0.2) is 74.2 Å². The van der Waals surface area contributed by atoms with Crippen molar-refractivity contribution in [2.24, 2.45) is 5.16 Å². The Labute approximate surface area is 206 Å². The highest BCUT2D eigenvalue weighted by atomic mass is 32.2. The number of nitrogens with one attached hydrogen (secondary N) is 1. The van der Waals surface area contributed by atoms with E-state index in [9.17, 15) is 19.5 Å². The number of aromatic nitrogens is 2. The highest BCUT2D eigenvalue weighted by Gasteiger charge is 2.47. The molecule has 34 heavy (non-hydrogen) atoms. The Hall–Kier alpha value is -3.23. The van der Waals surface area contributed by atoms with E-state index in [4.69, 9.17) is 10.6 Å². The molecule has 2 aromatic heterocycles. The van der Waals surface area contributed by atoms with Gasteiger partial charge in [-0.05, 0) is 18.6 Å². The molecular weight excluding hydrogens is 500 g/mol. The van der Waals surface area contributed by atoms with Gasteiger partial charge in [-0.15, -0.1) is 34.4 Å². The Balaban J connectivity index is 1.59. The number of oxime groups is 1. The fourth-order valence-electron chi connectivity index (χ4n) is 3.57. The second kappa shape index (κ2) is 9.95. The number of aliphatic carboxylic acids is 1. The Morgan fingerprint density at radius 3 is 2.79 bits per heavy atom. The summed E-state index contributed by atoms with van der Waals surface area (Å²) in [7, 11) is 1.29. The summed E-state index contributed by atoms with van der Waals surface area (Å²) >= 11 is 3.99. The predicted octanol–water partition coefficient (Wildman–Crippen LogP) is 1.34. The number of nitrogens with two attached hydrogens (primary N) is 1. The number of fused-ring (bicyclic) bond motifs is 2. The second-order valence-corrected chi connectivity index (χ2v) is 10.3. The van der Waals surface area contributed by atoms with Crippen molar-refractivity contribution >= 4 is 69.1 Å². The van der Waals surface area contributed by atoms with E-state index in [1.54, 1.807) is 17.0 Å². The molecule has 2 aliphatic heterocycles. The maximum Gasteiger partial charge on any atom is 0.352 e. The zero-order valence-electron chi connectivity index (χ0n) is 18.0. The molecular formula is C20H20N6O5S3. The molecule has 0 radical (unpaired) electrons. The van der Waals surface area contributed by atoms with Crippen molar-refractivity contribution in [3.63, 3.8) is 0 Å². The summed E-state index contributed by atoms with van der Waals surface area (Å²) in [5.74, 6) is -2.02. The largest absolute Gasteiger partial charge is 0.477 e. The number of carboxylic acid groups (broad SMARTS) is 1. The van der Waals surface area contributed by atoms with Crippen LogP contribution in [0.15, 0.2) is 33.4 Å². The number of nitrogens with zero attached hydrogens (tertiary/aromatic N) is 4. The third-order valence-electron chi connectivity index (χ3n) is 5.16. The first kappa shape index (κ1) is 23.9. The van der Waals surface area contributed by atoms with Gasteiger partial charge >= 0.3 is 5.97 Å². The van der Waals surface area contributed by atoms with Crippen molar-refractivity contribution < 1.29 is 24.3 Å². The minimum atomic E-state index is -1.21. The number of carboxylic acids is 1. The summed E-state index contributed by atoms with van der Waals surface area (Å²) in [6.45, 7) is 2.03. The molecule has 178 valence electrons. The standard InChI is InChI=1S/C20H20N6O5S3/c1-9-12(34-8-22-9)4-3-10-6-32-13-5-26(16(10)19(29)30)18(28)15(13)24-17(27)14(25-31-2)11-7-33-20(21)23-11/h3-4,7-8,13,15H,5-6H2,1-2H3,(H2,21,23)(H,24,27)(H,29,30)/b4-3?,25-14-/t13-,15+/m1/s1. The molecule has 2 atom stereocenters. The summed E-state index contributed by atoms with van der Waals surface area (Å²) in [5.41, 5.74) is 8.74. The quantitative estimate of drug-likeness (QED) is 0.361. The van der Waals surface area contributed by atoms with E-state index in [-0.39, 0.29) is 34.0 Å². The first-order chi connectivity index (χ1) is 16.3. The Kier molecular flexibility index (Phi) is 7.00. The average molecular weight is 521 g/mol. The van der Waals surface area contributed by atoms with Gasteiger partial charge in [0.05, 0.1) is 16.5 Å². The van der Waals surface area contributed by atoms with Crippen molar-refractivity contribution in [3.05, 3.63) is 44.5 Å². The number of hydrogen-bond acceptors (Lipinski definition) is 11. The molecule has 1 saturated heterocycles. The van der Waals surface area contributed by atoms with Gasteiger partial charge in [0.1, 0.15) is 24.5 Å². The van der Waals surface area contributed by atoms with Gasteiger partial charge in [0, 0.05) is 22.6 Å². The third kappa shape index (κ3) is 4.69. The molecule has 1 fully saturated rings. The van der Waals surface area contributed by atoms with Gasteiger partial charge in [-0.2, -0.15) is 0 Å². The number of thioether (sulfide) groups is 1. The predicted molar refractivity (Wildman–Crippen MR) is 131 cm³/mol. The van der Waals surface area contributed by atoms with E-state index in [1.165, 1.54) is 35.1 Å². The summed E-state index contributed by atoms with van der Waals surface area (Å²) in [4.78, 5) is 53.4. The number of anilines is 1. The van der Waals surface area contributed by atoms with Gasteiger partial charge in [-0.25, -0.2) is 14.8 Å². The van der Waals surface area contributed by atoms with Gasteiger partial charge in [-0.3, -0.25) is 9.59 Å². The normalized spacial score (nSPS) is 20.7. The number of amides is 2. The Bertz CT molecular complexity index is 1230. The van der Waals surface area contributed by atoms with Crippen molar-refractivity contribution in [3.8, 4) is 0 Å². The molecule has 4 N–H and O–H groups in total. The number of rotatable bonds is 7. The van der Waals surface area contributed by atoms with Crippen LogP contribution >= 0.6 is 34.4 Å². The SMILES string of the molecule is CO/N=C(\C(=O)N[C@@H]1C(=O)N2C[C@H]1SCC(C=Cc1scnc1C)=C2C(=O)O)c1csc(N)n1. The first-order valence-electron chi connectivity index (χ1n) is 9.91. The maximum absolute atomic E-state index is 13.2. The van der Waals surface area contributed by atoms with E-state index >= 15 is 0 Å². The lowest BCUT2D eigenvalue weighted by Crippen LogP contribution is -2.48. The molecule has 14 heteroatoms. The average Bonchev–Trinajstić information content (AvgIpc) is 3.44. The molecule has 0 aliphatic carbocycles. The molecule has 2 amide bonds. The molecule has 0 unspecified atom stereocenters. The molecule has 2 aromatic rings. The zero-order chi connectivity index (χ0) is 24.4. The highest BCUT2D eigenvalue weighted by Crippen LogP contribution is 2.35. The van der Waals surface area contributed by atoms with E-state index in [0.29, 0.717) is 11.3 Å². The third-order valence-corrected chi connectivity index (χ3v) is 8.06. The van der Waals surface area contributed by atoms with Gasteiger partial charge in [0.2, 0.25) is 0 Å². The van der Waals surface area contributed by atoms with Crippen LogP contribution in [0.5, 0.6) is 0 Å². The number of carbonyl (C=O) groups is 3. The highest BCUT2D eigenvalue weighted by molar-refractivity contribution is 8.00. The molecule has 11 nitrogen and oxygen atoms in total. The van der Waals surface area contributed by atoms with Gasteiger partial charge in [0.15, 0.2) is 10.8 Å². The lowest BCUT2D eigenvalue weighted by Gasteiger charge is -2.22. The number of hydrogen-bond donors (Lipinski definition) is 3. The minimum Gasteiger partial charge on any atom is -0.477 e. The number of thiazole rings is 2. The number of aryl methyl sites for hydroxylation is 1. The Morgan fingerprint density at radius 1 is 1.38 bits per heavy atom. The molecule has 0 spiro atoms. The van der Waals surface area contributed by atoms with Crippen LogP contribution in [0.3, 0.4) is 0 Å². The van der Waals surface area contributed by atoms with Crippen molar-refractivity contribution in [1.82, 2.24) is 20.2 Å². The topological polar surface area (TPSA) is 160 Å². The van der Waals surface area contributed by atoms with Crippen molar-refractivity contribution in [2.75, 3.05) is 25.1 Å². The van der Waals surface area contributed by atoms with Crippen LogP contribution in [0.4, 0.5) is 5.13 Å². The summed E-state index contributed by atoms with van der Waals surface area (Å²) in [5, 5.41) is 17.8. The van der Waals surface area contributed by atoms with Crippen LogP contribution < -0.4 is 11.1 Å². The minimum absolute atomic E-state index is 0.0896. The number of allylic oxidation sites excluding steroid dienone is 1. The summed E-state index contributed by atoms with van der Waals surface area (Å²) in [6.07, 6.45) is 3.53. The monoisotopic (exact) mass is 520 g/mol.